The van der Waals surface area contributed by atoms with Crippen molar-refractivity contribution in [1.29, 1.82) is 0 Å². The quantitative estimate of drug-likeness (QED) is 0.542. The highest BCUT2D eigenvalue weighted by atomic mass is 16.4. The van der Waals surface area contributed by atoms with E-state index in [2.05, 4.69) is 16.6 Å². The lowest BCUT2D eigenvalue weighted by Gasteiger charge is -1.90. The molecule has 0 aliphatic rings. The fraction of sp³-hybridized carbons (Fsp3) is 0.600. The Kier molecular flexibility index (Phi) is 1.28. The highest BCUT2D eigenvalue weighted by molar-refractivity contribution is 4.79. The predicted octanol–water partition coefficient (Wildman–Crippen LogP) is 0.993. The first kappa shape index (κ1) is 5.28. The van der Waals surface area contributed by atoms with Gasteiger partial charge in [0.2, 0.25) is 5.89 Å². The average molecular weight is 111 g/mol. The molecule has 0 aromatic carbocycles. The van der Waals surface area contributed by atoms with Crippen LogP contribution >= 0.6 is 0 Å². The molecule has 0 atom stereocenters. The number of rotatable bonds is 1. The molecule has 1 rings (SSSR count). The summed E-state index contributed by atoms with van der Waals surface area (Å²) in [5, 5.41) is 7.05. The van der Waals surface area contributed by atoms with Crippen molar-refractivity contribution in [1.82, 2.24) is 10.2 Å². The van der Waals surface area contributed by atoms with Crippen LogP contribution < -0.4 is 0 Å². The molecule has 1 aromatic rings. The molecule has 3 heteroatoms. The Balaban J connectivity index is 2.77. The summed E-state index contributed by atoms with van der Waals surface area (Å²) in [7, 11) is 0. The summed E-state index contributed by atoms with van der Waals surface area (Å²) >= 11 is 0. The van der Waals surface area contributed by atoms with Crippen molar-refractivity contribution in [3.63, 3.8) is 0 Å². The van der Waals surface area contributed by atoms with E-state index in [0.29, 0.717) is 11.8 Å². The Morgan fingerprint density at radius 3 is 2.62 bits per heavy atom. The van der Waals surface area contributed by atoms with E-state index in [1.807, 2.05) is 13.8 Å². The van der Waals surface area contributed by atoms with Crippen LogP contribution in [0.3, 0.4) is 0 Å². The molecule has 1 heterocycles. The Labute approximate surface area is 47.7 Å². The number of nitrogens with zero attached hydrogens (tertiary/aromatic N) is 2. The van der Waals surface area contributed by atoms with E-state index in [0.717, 1.165) is 0 Å². The molecule has 0 aliphatic heterocycles. The second-order valence-corrected chi connectivity index (χ2v) is 1.89. The minimum absolute atomic E-state index is 0.314. The first-order chi connectivity index (χ1) is 3.80. The summed E-state index contributed by atoms with van der Waals surface area (Å²) in [5.74, 6) is 0.957. The standard InChI is InChI=1S/C5H7N2O/c1-4(2)5-7-6-3-8-5/h4H,1-2H3. The van der Waals surface area contributed by atoms with Crippen molar-refractivity contribution in [2.75, 3.05) is 0 Å². The molecular weight excluding hydrogens is 104 g/mol. The molecule has 0 unspecified atom stereocenters. The molecule has 3 nitrogen and oxygen atoms in total. The highest BCUT2D eigenvalue weighted by Crippen LogP contribution is 2.07. The SMILES string of the molecule is CC(C)c1nn[c]o1. The lowest BCUT2D eigenvalue weighted by atomic mass is 10.2. The fourth-order valence-electron chi connectivity index (χ4n) is 0.391. The molecule has 1 aromatic heterocycles. The normalized spacial score (nSPS) is 10.4. The van der Waals surface area contributed by atoms with Crippen LogP contribution in [-0.4, -0.2) is 10.2 Å². The third-order valence-corrected chi connectivity index (χ3v) is 0.833. The number of hydrogen-bond donors (Lipinski definition) is 0. The lowest BCUT2D eigenvalue weighted by molar-refractivity contribution is 0.463. The maximum Gasteiger partial charge on any atom is 0.305 e. The summed E-state index contributed by atoms with van der Waals surface area (Å²) in [5.41, 5.74) is 0. The van der Waals surface area contributed by atoms with Crippen molar-refractivity contribution >= 4 is 0 Å². The van der Waals surface area contributed by atoms with Gasteiger partial charge >= 0.3 is 6.39 Å². The maximum absolute atomic E-state index is 4.75. The first-order valence-electron chi connectivity index (χ1n) is 2.50. The topological polar surface area (TPSA) is 38.9 Å². The summed E-state index contributed by atoms with van der Waals surface area (Å²) in [6.45, 7) is 3.97. The zero-order valence-corrected chi connectivity index (χ0v) is 4.88. The van der Waals surface area contributed by atoms with E-state index in [-0.39, 0.29) is 0 Å². The summed E-state index contributed by atoms with van der Waals surface area (Å²) in [6.07, 6.45) is 2.27. The van der Waals surface area contributed by atoms with Crippen LogP contribution in [0.5, 0.6) is 0 Å². The minimum atomic E-state index is 0.314. The van der Waals surface area contributed by atoms with E-state index in [1.165, 1.54) is 0 Å². The first-order valence-corrected chi connectivity index (χ1v) is 2.50. The van der Waals surface area contributed by atoms with Crippen molar-refractivity contribution in [3.05, 3.63) is 12.3 Å². The van der Waals surface area contributed by atoms with Crippen molar-refractivity contribution in [2.24, 2.45) is 0 Å². The van der Waals surface area contributed by atoms with Gasteiger partial charge in [-0.05, 0) is 0 Å². The van der Waals surface area contributed by atoms with Gasteiger partial charge in [-0.1, -0.05) is 13.8 Å². The summed E-state index contributed by atoms with van der Waals surface area (Å²) in [4.78, 5) is 0. The van der Waals surface area contributed by atoms with Crippen LogP contribution in [0.25, 0.3) is 0 Å². The zero-order valence-electron chi connectivity index (χ0n) is 4.88. The van der Waals surface area contributed by atoms with Gasteiger partial charge in [0.05, 0.1) is 0 Å². The summed E-state index contributed by atoms with van der Waals surface area (Å²) in [6, 6.07) is 0. The number of aromatic nitrogens is 2. The second kappa shape index (κ2) is 1.94. The van der Waals surface area contributed by atoms with Crippen LogP contribution in [0.1, 0.15) is 25.7 Å². The maximum atomic E-state index is 4.75. The van der Waals surface area contributed by atoms with E-state index >= 15 is 0 Å². The largest absolute Gasteiger partial charge is 0.417 e. The van der Waals surface area contributed by atoms with Gasteiger partial charge in [0.1, 0.15) is 0 Å². The van der Waals surface area contributed by atoms with Crippen LogP contribution in [-0.2, 0) is 0 Å². The van der Waals surface area contributed by atoms with Gasteiger partial charge in [-0.2, -0.15) is 0 Å². The minimum Gasteiger partial charge on any atom is -0.417 e. The molecule has 0 fully saturated rings. The molecule has 0 N–H and O–H groups in total. The van der Waals surface area contributed by atoms with Crippen molar-refractivity contribution in [3.8, 4) is 0 Å². The summed E-state index contributed by atoms with van der Waals surface area (Å²) < 4.78 is 4.75. The Hall–Kier alpha value is -0.860. The van der Waals surface area contributed by atoms with Crippen LogP contribution in [0.2, 0.25) is 0 Å². The molecule has 0 spiro atoms. The van der Waals surface area contributed by atoms with Gasteiger partial charge in [0.25, 0.3) is 0 Å². The molecule has 0 aliphatic carbocycles. The molecule has 0 amide bonds. The van der Waals surface area contributed by atoms with Crippen LogP contribution in [0.4, 0.5) is 0 Å². The third-order valence-electron chi connectivity index (χ3n) is 0.833. The van der Waals surface area contributed by atoms with Crippen LogP contribution in [0.15, 0.2) is 4.42 Å². The van der Waals surface area contributed by atoms with E-state index < -0.39 is 0 Å². The fourth-order valence-corrected chi connectivity index (χ4v) is 0.391. The van der Waals surface area contributed by atoms with Crippen molar-refractivity contribution < 1.29 is 4.42 Å². The molecule has 0 saturated carbocycles. The second-order valence-electron chi connectivity index (χ2n) is 1.89. The van der Waals surface area contributed by atoms with E-state index in [1.54, 1.807) is 0 Å². The third kappa shape index (κ3) is 0.857. The van der Waals surface area contributed by atoms with Gasteiger partial charge < -0.3 is 4.42 Å². The van der Waals surface area contributed by atoms with Crippen LogP contribution in [0, 0.1) is 6.39 Å². The van der Waals surface area contributed by atoms with Gasteiger partial charge in [0.15, 0.2) is 0 Å². The molecule has 0 saturated heterocycles. The Morgan fingerprint density at radius 1 is 1.62 bits per heavy atom. The van der Waals surface area contributed by atoms with Gasteiger partial charge in [-0.15, -0.1) is 10.2 Å². The Bertz CT molecular complexity index is 145. The number of hydrogen-bond acceptors (Lipinski definition) is 3. The molecule has 8 heavy (non-hydrogen) atoms. The monoisotopic (exact) mass is 111 g/mol. The van der Waals surface area contributed by atoms with E-state index in [9.17, 15) is 0 Å². The molecule has 0 bridgehead atoms. The van der Waals surface area contributed by atoms with Crippen molar-refractivity contribution in [2.45, 2.75) is 19.8 Å². The molecular formula is C5H7N2O. The molecule has 43 valence electrons. The Morgan fingerprint density at radius 2 is 2.38 bits per heavy atom. The van der Waals surface area contributed by atoms with Gasteiger partial charge in [-0.25, -0.2) is 0 Å². The predicted molar refractivity (Wildman–Crippen MR) is 27.2 cm³/mol. The van der Waals surface area contributed by atoms with E-state index in [4.69, 9.17) is 4.42 Å². The average Bonchev–Trinajstić information content (AvgIpc) is 2.12. The zero-order chi connectivity index (χ0) is 5.98. The highest BCUT2D eigenvalue weighted by Gasteiger charge is 2.02. The van der Waals surface area contributed by atoms with Gasteiger partial charge in [-0.3, -0.25) is 0 Å². The molecule has 1 radical (unpaired) electrons. The smallest absolute Gasteiger partial charge is 0.305 e. The van der Waals surface area contributed by atoms with Gasteiger partial charge in [0, 0.05) is 5.92 Å². The lowest BCUT2D eigenvalue weighted by Crippen LogP contribution is -1.85.